The third kappa shape index (κ3) is 4.30. The second kappa shape index (κ2) is 7.82. The van der Waals surface area contributed by atoms with E-state index in [0.29, 0.717) is 31.1 Å². The van der Waals surface area contributed by atoms with Crippen LogP contribution in [0.25, 0.3) is 0 Å². The molecule has 0 radical (unpaired) electrons. The summed E-state index contributed by atoms with van der Waals surface area (Å²) in [5, 5.41) is 9.02. The Morgan fingerprint density at radius 1 is 1.26 bits per heavy atom. The molecule has 1 fully saturated rings. The predicted molar refractivity (Wildman–Crippen MR) is 96.4 cm³/mol. The van der Waals surface area contributed by atoms with Crippen molar-refractivity contribution in [2.75, 3.05) is 29.4 Å². The van der Waals surface area contributed by atoms with Crippen LogP contribution in [0.5, 0.6) is 0 Å². The number of hydrogen-bond donors (Lipinski definition) is 0. The lowest BCUT2D eigenvalue weighted by Crippen LogP contribution is -2.53. The van der Waals surface area contributed by atoms with Gasteiger partial charge in [-0.2, -0.15) is 18.4 Å². The van der Waals surface area contributed by atoms with Crippen LogP contribution in [0.2, 0.25) is 0 Å². The lowest BCUT2D eigenvalue weighted by molar-refractivity contribution is -0.137. The highest BCUT2D eigenvalue weighted by molar-refractivity contribution is 5.52. The van der Waals surface area contributed by atoms with Crippen molar-refractivity contribution in [3.05, 3.63) is 47.9 Å². The van der Waals surface area contributed by atoms with Crippen molar-refractivity contribution in [1.82, 2.24) is 9.97 Å². The van der Waals surface area contributed by atoms with Crippen molar-refractivity contribution < 1.29 is 13.2 Å². The molecule has 1 aliphatic heterocycles. The summed E-state index contributed by atoms with van der Waals surface area (Å²) in [5.41, 5.74) is -0.0603. The van der Waals surface area contributed by atoms with Crippen LogP contribution in [0.15, 0.2) is 36.5 Å². The quantitative estimate of drug-likeness (QED) is 0.812. The highest BCUT2D eigenvalue weighted by Gasteiger charge is 2.32. The van der Waals surface area contributed by atoms with Gasteiger partial charge in [-0.1, -0.05) is 19.4 Å². The molecule has 27 heavy (non-hydrogen) atoms. The summed E-state index contributed by atoms with van der Waals surface area (Å²) in [6.45, 7) is 3.86. The Morgan fingerprint density at radius 3 is 2.78 bits per heavy atom. The monoisotopic (exact) mass is 375 g/mol. The number of aromatic nitrogens is 2. The van der Waals surface area contributed by atoms with Gasteiger partial charge in [-0.05, 0) is 30.7 Å². The number of nitriles is 1. The summed E-state index contributed by atoms with van der Waals surface area (Å²) in [4.78, 5) is 12.3. The van der Waals surface area contributed by atoms with E-state index < -0.39 is 11.7 Å². The van der Waals surface area contributed by atoms with Gasteiger partial charge in [0, 0.05) is 37.6 Å². The Balaban J connectivity index is 1.83. The van der Waals surface area contributed by atoms with Gasteiger partial charge >= 0.3 is 6.18 Å². The first kappa shape index (κ1) is 19.0. The third-order valence-electron chi connectivity index (χ3n) is 4.68. The van der Waals surface area contributed by atoms with Gasteiger partial charge in [-0.15, -0.1) is 0 Å². The van der Waals surface area contributed by atoms with Crippen LogP contribution in [0.1, 0.15) is 31.2 Å². The lowest BCUT2D eigenvalue weighted by atomic mass is 10.1. The Morgan fingerprint density at radius 2 is 2.07 bits per heavy atom. The Kier molecular flexibility index (Phi) is 5.49. The number of benzene rings is 1. The topological polar surface area (TPSA) is 56.0 Å². The first-order valence-electron chi connectivity index (χ1n) is 8.84. The molecular weight excluding hydrogens is 355 g/mol. The highest BCUT2D eigenvalue weighted by atomic mass is 19.4. The molecule has 0 amide bonds. The molecule has 5 nitrogen and oxygen atoms in total. The van der Waals surface area contributed by atoms with Gasteiger partial charge in [0.15, 0.2) is 0 Å². The van der Waals surface area contributed by atoms with Gasteiger partial charge in [-0.3, -0.25) is 0 Å². The fourth-order valence-electron chi connectivity index (χ4n) is 3.41. The lowest BCUT2D eigenvalue weighted by Gasteiger charge is -2.43. The van der Waals surface area contributed by atoms with E-state index in [2.05, 4.69) is 21.8 Å². The summed E-state index contributed by atoms with van der Waals surface area (Å²) in [6.07, 6.45) is -0.979. The van der Waals surface area contributed by atoms with Crippen LogP contribution in [-0.4, -0.2) is 35.6 Å². The maximum Gasteiger partial charge on any atom is 0.416 e. The molecule has 0 N–H and O–H groups in total. The molecule has 0 bridgehead atoms. The summed E-state index contributed by atoms with van der Waals surface area (Å²) >= 11 is 0. The van der Waals surface area contributed by atoms with Crippen molar-refractivity contribution in [3.63, 3.8) is 0 Å². The summed E-state index contributed by atoms with van der Waals surface area (Å²) in [5.74, 6) is 0.798. The molecular formula is C19H20F3N5. The Bertz CT molecular complexity index is 831. The fourth-order valence-corrected chi connectivity index (χ4v) is 3.41. The molecule has 0 saturated carbocycles. The minimum absolute atomic E-state index is 0.0970. The summed E-state index contributed by atoms with van der Waals surface area (Å²) in [7, 11) is 0. The van der Waals surface area contributed by atoms with E-state index in [9.17, 15) is 13.2 Å². The Labute approximate surface area is 156 Å². The second-order valence-electron chi connectivity index (χ2n) is 6.48. The second-order valence-corrected chi connectivity index (χ2v) is 6.48. The van der Waals surface area contributed by atoms with Crippen molar-refractivity contribution in [2.24, 2.45) is 0 Å². The standard InChI is InChI=1S/C19H20F3N5/c1-2-4-16-13-26(15-6-3-5-14(11-15)19(20,21)22)9-10-27(16)18-7-8-24-17(12-23)25-18/h3,5-8,11,16H,2,4,9-10,13H2,1H3. The highest BCUT2D eigenvalue weighted by Crippen LogP contribution is 2.32. The van der Waals surface area contributed by atoms with Crippen LogP contribution < -0.4 is 9.80 Å². The van der Waals surface area contributed by atoms with Gasteiger partial charge in [-0.25, -0.2) is 9.97 Å². The van der Waals surface area contributed by atoms with Crippen molar-refractivity contribution >= 4 is 11.5 Å². The molecule has 2 heterocycles. The molecule has 1 aromatic carbocycles. The summed E-state index contributed by atoms with van der Waals surface area (Å²) < 4.78 is 39.1. The minimum Gasteiger partial charge on any atom is -0.368 e. The SMILES string of the molecule is CCCC1CN(c2cccc(C(F)(F)F)c2)CCN1c1ccnc(C#N)n1. The average Bonchev–Trinajstić information content (AvgIpc) is 2.68. The smallest absolute Gasteiger partial charge is 0.368 e. The first-order valence-corrected chi connectivity index (χ1v) is 8.84. The zero-order valence-electron chi connectivity index (χ0n) is 14.9. The number of nitrogens with zero attached hydrogens (tertiary/aromatic N) is 5. The van der Waals surface area contributed by atoms with Crippen LogP contribution in [0.4, 0.5) is 24.7 Å². The van der Waals surface area contributed by atoms with Gasteiger partial charge in [0.25, 0.3) is 0 Å². The average molecular weight is 375 g/mol. The number of piperazine rings is 1. The molecule has 8 heteroatoms. The van der Waals surface area contributed by atoms with E-state index in [-0.39, 0.29) is 11.9 Å². The molecule has 142 valence electrons. The van der Waals surface area contributed by atoms with E-state index in [1.807, 2.05) is 11.0 Å². The molecule has 1 atom stereocenters. The van der Waals surface area contributed by atoms with Crippen molar-refractivity contribution in [1.29, 1.82) is 5.26 Å². The molecule has 0 spiro atoms. The Hall–Kier alpha value is -2.82. The van der Waals surface area contributed by atoms with Crippen LogP contribution in [0, 0.1) is 11.3 Å². The molecule has 1 unspecified atom stereocenters. The van der Waals surface area contributed by atoms with Crippen LogP contribution in [0.3, 0.4) is 0 Å². The predicted octanol–water partition coefficient (Wildman–Crippen LogP) is 3.86. The number of anilines is 2. The van der Waals surface area contributed by atoms with Crippen molar-refractivity contribution in [2.45, 2.75) is 32.0 Å². The maximum atomic E-state index is 13.0. The number of rotatable bonds is 4. The molecule has 3 rings (SSSR count). The van der Waals surface area contributed by atoms with Crippen LogP contribution >= 0.6 is 0 Å². The molecule has 0 aliphatic carbocycles. The van der Waals surface area contributed by atoms with E-state index in [1.165, 1.54) is 12.1 Å². The zero-order chi connectivity index (χ0) is 19.4. The van der Waals surface area contributed by atoms with E-state index in [0.717, 1.165) is 18.9 Å². The normalized spacial score (nSPS) is 17.7. The van der Waals surface area contributed by atoms with Gasteiger partial charge in [0.1, 0.15) is 11.9 Å². The number of halogens is 3. The van der Waals surface area contributed by atoms with Gasteiger partial charge in [0.05, 0.1) is 5.56 Å². The fraction of sp³-hybridized carbons (Fsp3) is 0.421. The van der Waals surface area contributed by atoms with E-state index in [1.54, 1.807) is 18.3 Å². The van der Waals surface area contributed by atoms with Gasteiger partial charge in [0.2, 0.25) is 5.82 Å². The minimum atomic E-state index is -4.35. The number of alkyl halides is 3. The van der Waals surface area contributed by atoms with Crippen LogP contribution in [-0.2, 0) is 6.18 Å². The molecule has 2 aromatic rings. The zero-order valence-corrected chi connectivity index (χ0v) is 14.9. The first-order chi connectivity index (χ1) is 12.9. The molecule has 1 aromatic heterocycles. The van der Waals surface area contributed by atoms with E-state index >= 15 is 0 Å². The van der Waals surface area contributed by atoms with E-state index in [4.69, 9.17) is 5.26 Å². The third-order valence-corrected chi connectivity index (χ3v) is 4.68. The largest absolute Gasteiger partial charge is 0.416 e. The maximum absolute atomic E-state index is 13.0. The summed E-state index contributed by atoms with van der Waals surface area (Å²) in [6, 6.07) is 9.27. The van der Waals surface area contributed by atoms with Gasteiger partial charge < -0.3 is 9.80 Å². The molecule has 1 saturated heterocycles. The molecule has 1 aliphatic rings. The van der Waals surface area contributed by atoms with Crippen molar-refractivity contribution in [3.8, 4) is 6.07 Å². The number of hydrogen-bond acceptors (Lipinski definition) is 5.